The molecule has 1 aromatic rings. The first-order valence-corrected chi connectivity index (χ1v) is 6.97. The van der Waals surface area contributed by atoms with Gasteiger partial charge in [-0.05, 0) is 31.0 Å². The maximum atomic E-state index is 11.5. The molecule has 1 N–H and O–H groups in total. The lowest BCUT2D eigenvalue weighted by Gasteiger charge is -2.05. The summed E-state index contributed by atoms with van der Waals surface area (Å²) in [6.45, 7) is 2.02. The van der Waals surface area contributed by atoms with E-state index in [4.69, 9.17) is 16.3 Å². The number of hydrogen-bond donors (Lipinski definition) is 1. The molecule has 0 bridgehead atoms. The van der Waals surface area contributed by atoms with E-state index in [2.05, 4.69) is 5.32 Å². The third kappa shape index (κ3) is 7.95. The van der Waals surface area contributed by atoms with E-state index in [0.29, 0.717) is 18.0 Å². The second kappa shape index (κ2) is 9.77. The van der Waals surface area contributed by atoms with Crippen LogP contribution in [0.1, 0.15) is 12.5 Å². The van der Waals surface area contributed by atoms with Crippen molar-refractivity contribution in [3.63, 3.8) is 0 Å². The van der Waals surface area contributed by atoms with Crippen molar-refractivity contribution < 1.29 is 14.3 Å². The molecule has 4 nitrogen and oxygen atoms in total. The summed E-state index contributed by atoms with van der Waals surface area (Å²) in [6, 6.07) is 7.44. The first-order valence-electron chi connectivity index (χ1n) is 6.59. The molecule has 5 heteroatoms. The SMILES string of the molecule is C/C=C/C=C/C(=O)OCC(=O)NCCc1cccc(Cl)c1. The number of esters is 1. The quantitative estimate of drug-likeness (QED) is 0.479. The van der Waals surface area contributed by atoms with Crippen molar-refractivity contribution in [1.82, 2.24) is 5.32 Å². The molecular weight excluding hydrogens is 290 g/mol. The van der Waals surface area contributed by atoms with Gasteiger partial charge >= 0.3 is 5.97 Å². The van der Waals surface area contributed by atoms with Crippen molar-refractivity contribution in [3.05, 3.63) is 59.2 Å². The van der Waals surface area contributed by atoms with Gasteiger partial charge in [0.05, 0.1) is 0 Å². The van der Waals surface area contributed by atoms with Crippen molar-refractivity contribution in [2.75, 3.05) is 13.2 Å². The highest BCUT2D eigenvalue weighted by molar-refractivity contribution is 6.30. The summed E-state index contributed by atoms with van der Waals surface area (Å²) >= 11 is 5.87. The number of hydrogen-bond acceptors (Lipinski definition) is 3. The monoisotopic (exact) mass is 307 g/mol. The fourth-order valence-electron chi connectivity index (χ4n) is 1.52. The molecule has 0 aliphatic rings. The number of rotatable bonds is 7. The predicted molar refractivity (Wildman–Crippen MR) is 83.1 cm³/mol. The molecule has 0 aromatic heterocycles. The van der Waals surface area contributed by atoms with Crippen molar-refractivity contribution in [2.45, 2.75) is 13.3 Å². The molecule has 0 aliphatic carbocycles. The van der Waals surface area contributed by atoms with E-state index in [9.17, 15) is 9.59 Å². The Morgan fingerprint density at radius 3 is 2.86 bits per heavy atom. The Bertz CT molecular complexity index is 538. The van der Waals surface area contributed by atoms with Gasteiger partial charge in [-0.2, -0.15) is 0 Å². The van der Waals surface area contributed by atoms with Crippen molar-refractivity contribution in [3.8, 4) is 0 Å². The Balaban J connectivity index is 2.21. The van der Waals surface area contributed by atoms with Gasteiger partial charge in [-0.1, -0.05) is 42.0 Å². The lowest BCUT2D eigenvalue weighted by atomic mass is 10.1. The molecule has 1 amide bonds. The Morgan fingerprint density at radius 1 is 1.33 bits per heavy atom. The van der Waals surface area contributed by atoms with Crippen LogP contribution in [-0.4, -0.2) is 25.0 Å². The molecular formula is C16H18ClNO3. The first kappa shape index (κ1) is 17.0. The highest BCUT2D eigenvalue weighted by atomic mass is 35.5. The second-order valence-corrected chi connectivity index (χ2v) is 4.66. The summed E-state index contributed by atoms with van der Waals surface area (Å²) < 4.78 is 4.78. The van der Waals surface area contributed by atoms with Crippen molar-refractivity contribution >= 4 is 23.5 Å². The fourth-order valence-corrected chi connectivity index (χ4v) is 1.73. The number of allylic oxidation sites excluding steroid dienone is 3. The van der Waals surface area contributed by atoms with Gasteiger partial charge in [0.2, 0.25) is 0 Å². The van der Waals surface area contributed by atoms with Gasteiger partial charge in [0.15, 0.2) is 6.61 Å². The highest BCUT2D eigenvalue weighted by Crippen LogP contribution is 2.10. The normalized spacial score (nSPS) is 11.0. The van der Waals surface area contributed by atoms with Crippen LogP contribution in [0.3, 0.4) is 0 Å². The molecule has 0 saturated heterocycles. The van der Waals surface area contributed by atoms with Crippen LogP contribution in [-0.2, 0) is 20.7 Å². The minimum atomic E-state index is -0.543. The molecule has 112 valence electrons. The number of amides is 1. The topological polar surface area (TPSA) is 55.4 Å². The standard InChI is InChI=1S/C16H18ClNO3/c1-2-3-4-8-16(20)21-12-15(19)18-10-9-13-6-5-7-14(17)11-13/h2-8,11H,9-10,12H2,1H3,(H,18,19)/b3-2+,8-4+. The van der Waals surface area contributed by atoms with Gasteiger partial charge in [0.1, 0.15) is 0 Å². The minimum absolute atomic E-state index is 0.283. The van der Waals surface area contributed by atoms with Crippen LogP contribution in [0.15, 0.2) is 48.6 Å². The van der Waals surface area contributed by atoms with E-state index in [1.54, 1.807) is 24.3 Å². The predicted octanol–water partition coefficient (Wildman–Crippen LogP) is 2.67. The third-order valence-electron chi connectivity index (χ3n) is 2.51. The summed E-state index contributed by atoms with van der Waals surface area (Å²) in [5, 5.41) is 3.34. The van der Waals surface area contributed by atoms with Crippen LogP contribution in [0, 0.1) is 0 Å². The summed E-state index contributed by atoms with van der Waals surface area (Å²) in [5.41, 5.74) is 1.04. The van der Waals surface area contributed by atoms with Crippen LogP contribution in [0.25, 0.3) is 0 Å². The number of halogens is 1. The molecule has 0 aliphatic heterocycles. The zero-order chi connectivity index (χ0) is 15.5. The van der Waals surface area contributed by atoms with Crippen molar-refractivity contribution in [1.29, 1.82) is 0 Å². The lowest BCUT2D eigenvalue weighted by molar-refractivity contribution is -0.143. The molecule has 1 rings (SSSR count). The molecule has 0 unspecified atom stereocenters. The highest BCUT2D eigenvalue weighted by Gasteiger charge is 2.04. The van der Waals surface area contributed by atoms with E-state index >= 15 is 0 Å². The molecule has 0 atom stereocenters. The molecule has 0 spiro atoms. The van der Waals surface area contributed by atoms with Crippen LogP contribution in [0.5, 0.6) is 0 Å². The Kier molecular flexibility index (Phi) is 7.90. The molecule has 0 saturated carbocycles. The summed E-state index contributed by atoms with van der Waals surface area (Å²) in [4.78, 5) is 22.7. The molecule has 21 heavy (non-hydrogen) atoms. The lowest BCUT2D eigenvalue weighted by Crippen LogP contribution is -2.30. The molecule has 1 aromatic carbocycles. The third-order valence-corrected chi connectivity index (χ3v) is 2.74. The summed E-state index contributed by atoms with van der Waals surface area (Å²) in [6.07, 6.45) is 6.97. The summed E-state index contributed by atoms with van der Waals surface area (Å²) in [5.74, 6) is -0.872. The van der Waals surface area contributed by atoms with E-state index in [-0.39, 0.29) is 12.5 Å². The maximum absolute atomic E-state index is 11.5. The largest absolute Gasteiger partial charge is 0.452 e. The fraction of sp³-hybridized carbons (Fsp3) is 0.250. The van der Waals surface area contributed by atoms with Crippen LogP contribution in [0.2, 0.25) is 5.02 Å². The van der Waals surface area contributed by atoms with Crippen LogP contribution >= 0.6 is 11.6 Å². The number of nitrogens with one attached hydrogen (secondary N) is 1. The molecule has 0 heterocycles. The smallest absolute Gasteiger partial charge is 0.331 e. The average Bonchev–Trinajstić information content (AvgIpc) is 2.45. The van der Waals surface area contributed by atoms with Crippen LogP contribution in [0.4, 0.5) is 0 Å². The van der Waals surface area contributed by atoms with Gasteiger partial charge in [-0.25, -0.2) is 4.79 Å². The zero-order valence-corrected chi connectivity index (χ0v) is 12.6. The number of ether oxygens (including phenoxy) is 1. The van der Waals surface area contributed by atoms with Gasteiger partial charge in [0.25, 0.3) is 5.91 Å². The van der Waals surface area contributed by atoms with Crippen LogP contribution < -0.4 is 5.32 Å². The van der Waals surface area contributed by atoms with Gasteiger partial charge in [-0.3, -0.25) is 4.79 Å². The van der Waals surface area contributed by atoms with Gasteiger partial charge < -0.3 is 10.1 Å². The molecule has 0 fully saturated rings. The Hall–Kier alpha value is -2.07. The zero-order valence-electron chi connectivity index (χ0n) is 11.8. The van der Waals surface area contributed by atoms with E-state index in [0.717, 1.165) is 5.56 Å². The maximum Gasteiger partial charge on any atom is 0.331 e. The van der Waals surface area contributed by atoms with E-state index in [1.165, 1.54) is 6.08 Å². The Labute approximate surface area is 129 Å². The second-order valence-electron chi connectivity index (χ2n) is 4.22. The first-order chi connectivity index (χ1) is 10.1. The van der Waals surface area contributed by atoms with E-state index in [1.807, 2.05) is 25.1 Å². The molecule has 0 radical (unpaired) electrons. The summed E-state index contributed by atoms with van der Waals surface area (Å²) in [7, 11) is 0. The minimum Gasteiger partial charge on any atom is -0.452 e. The van der Waals surface area contributed by atoms with Gasteiger partial charge in [0, 0.05) is 17.6 Å². The average molecular weight is 308 g/mol. The Morgan fingerprint density at radius 2 is 2.14 bits per heavy atom. The van der Waals surface area contributed by atoms with E-state index < -0.39 is 5.97 Å². The van der Waals surface area contributed by atoms with Crippen molar-refractivity contribution in [2.24, 2.45) is 0 Å². The number of carbonyl (C=O) groups is 2. The number of benzene rings is 1. The van der Waals surface area contributed by atoms with Gasteiger partial charge in [-0.15, -0.1) is 0 Å². The number of carbonyl (C=O) groups excluding carboxylic acids is 2.